The first-order chi connectivity index (χ1) is 9.56. The van der Waals surface area contributed by atoms with Crippen molar-refractivity contribution < 1.29 is 33.7 Å². The highest BCUT2D eigenvalue weighted by molar-refractivity contribution is 5.81. The molecular formula is C13H22FNO6. The van der Waals surface area contributed by atoms with Gasteiger partial charge in [0.15, 0.2) is 0 Å². The van der Waals surface area contributed by atoms with E-state index in [0.29, 0.717) is 0 Å². The molecule has 1 amide bonds. The van der Waals surface area contributed by atoms with Crippen LogP contribution in [0.2, 0.25) is 0 Å². The largest absolute Gasteiger partial charge is 0.481 e. The number of rotatable bonds is 8. The van der Waals surface area contributed by atoms with Crippen LogP contribution in [0.5, 0.6) is 0 Å². The number of ether oxygens (including phenoxy) is 1. The van der Waals surface area contributed by atoms with Gasteiger partial charge in [-0.25, -0.2) is 9.59 Å². The molecule has 0 spiro atoms. The van der Waals surface area contributed by atoms with Gasteiger partial charge in [0.25, 0.3) is 0 Å². The van der Waals surface area contributed by atoms with Crippen molar-refractivity contribution in [2.24, 2.45) is 5.92 Å². The molecule has 2 atom stereocenters. The third kappa shape index (κ3) is 8.83. The van der Waals surface area contributed by atoms with Crippen LogP contribution in [0.1, 0.15) is 40.0 Å². The van der Waals surface area contributed by atoms with Crippen LogP contribution in [0.3, 0.4) is 0 Å². The SMILES string of the molecule is CC(C)(C)OC(=O)N[C@@H](C[C@H](CCCF)C(=O)O)C(=O)O. The van der Waals surface area contributed by atoms with E-state index >= 15 is 0 Å². The van der Waals surface area contributed by atoms with Gasteiger partial charge in [-0.05, 0) is 40.0 Å². The van der Waals surface area contributed by atoms with Gasteiger partial charge < -0.3 is 20.3 Å². The van der Waals surface area contributed by atoms with Crippen LogP contribution in [0.25, 0.3) is 0 Å². The van der Waals surface area contributed by atoms with Crippen LogP contribution in [-0.2, 0) is 14.3 Å². The maximum Gasteiger partial charge on any atom is 0.408 e. The number of carboxylic acids is 2. The number of amides is 1. The minimum atomic E-state index is -1.40. The summed E-state index contributed by atoms with van der Waals surface area (Å²) in [5.74, 6) is -3.63. The molecule has 0 saturated carbocycles. The molecule has 0 aromatic rings. The van der Waals surface area contributed by atoms with Crippen LogP contribution < -0.4 is 5.32 Å². The molecule has 7 nitrogen and oxygen atoms in total. The number of alkyl halides is 1. The minimum absolute atomic E-state index is 0.00557. The Hall–Kier alpha value is -1.86. The number of carbonyl (C=O) groups excluding carboxylic acids is 1. The number of aliphatic carboxylic acids is 2. The molecule has 0 saturated heterocycles. The normalized spacial score (nSPS) is 14.1. The summed E-state index contributed by atoms with van der Waals surface area (Å²) < 4.78 is 17.0. The van der Waals surface area contributed by atoms with Gasteiger partial charge >= 0.3 is 18.0 Å². The molecule has 0 radical (unpaired) electrons. The quantitative estimate of drug-likeness (QED) is 0.630. The Balaban J connectivity index is 4.70. The smallest absolute Gasteiger partial charge is 0.408 e. The zero-order valence-corrected chi connectivity index (χ0v) is 12.4. The van der Waals surface area contributed by atoms with Gasteiger partial charge in [-0.15, -0.1) is 0 Å². The molecule has 21 heavy (non-hydrogen) atoms. The van der Waals surface area contributed by atoms with E-state index in [0.717, 1.165) is 0 Å². The summed E-state index contributed by atoms with van der Waals surface area (Å²) in [6.45, 7) is 4.16. The average Bonchev–Trinajstić information content (AvgIpc) is 2.29. The van der Waals surface area contributed by atoms with Crippen LogP contribution in [0, 0.1) is 5.92 Å². The molecule has 0 aromatic carbocycles. The summed E-state index contributed by atoms with van der Waals surface area (Å²) >= 11 is 0. The van der Waals surface area contributed by atoms with Gasteiger partial charge in [0.05, 0.1) is 12.6 Å². The summed E-state index contributed by atoms with van der Waals surface area (Å²) in [5.41, 5.74) is -0.798. The second-order valence-corrected chi connectivity index (χ2v) is 5.64. The molecule has 0 aliphatic rings. The second kappa shape index (κ2) is 8.43. The van der Waals surface area contributed by atoms with E-state index in [2.05, 4.69) is 5.32 Å². The van der Waals surface area contributed by atoms with Crippen LogP contribution >= 0.6 is 0 Å². The minimum Gasteiger partial charge on any atom is -0.481 e. The second-order valence-electron chi connectivity index (χ2n) is 5.64. The highest BCUT2D eigenvalue weighted by Gasteiger charge is 2.29. The third-order valence-electron chi connectivity index (χ3n) is 2.54. The summed E-state index contributed by atoms with van der Waals surface area (Å²) in [7, 11) is 0. The molecule has 0 aromatic heterocycles. The number of halogens is 1. The third-order valence-corrected chi connectivity index (χ3v) is 2.54. The number of hydrogen-bond donors (Lipinski definition) is 3. The fourth-order valence-electron chi connectivity index (χ4n) is 1.62. The maximum atomic E-state index is 12.1. The predicted octanol–water partition coefficient (Wildman–Crippen LogP) is 1.80. The first-order valence-corrected chi connectivity index (χ1v) is 6.58. The Kier molecular flexibility index (Phi) is 7.69. The average molecular weight is 307 g/mol. The van der Waals surface area contributed by atoms with E-state index in [4.69, 9.17) is 14.9 Å². The van der Waals surface area contributed by atoms with Crippen molar-refractivity contribution >= 4 is 18.0 Å². The standard InChI is InChI=1S/C13H22FNO6/c1-13(2,3)21-12(20)15-9(11(18)19)7-8(10(16)17)5-4-6-14/h8-9H,4-7H2,1-3H3,(H,15,20)(H,16,17)(H,18,19)/t8-,9-/m0/s1. The van der Waals surface area contributed by atoms with Crippen molar-refractivity contribution in [3.63, 3.8) is 0 Å². The molecule has 0 bridgehead atoms. The molecule has 3 N–H and O–H groups in total. The van der Waals surface area contributed by atoms with Crippen molar-refractivity contribution in [3.8, 4) is 0 Å². The van der Waals surface area contributed by atoms with E-state index in [1.807, 2.05) is 0 Å². The molecule has 0 rings (SSSR count). The first-order valence-electron chi connectivity index (χ1n) is 6.58. The summed E-state index contributed by atoms with van der Waals surface area (Å²) in [4.78, 5) is 33.6. The Morgan fingerprint density at radius 3 is 2.14 bits per heavy atom. The zero-order valence-electron chi connectivity index (χ0n) is 12.4. The van der Waals surface area contributed by atoms with Crippen LogP contribution in [0.15, 0.2) is 0 Å². The monoisotopic (exact) mass is 307 g/mol. The molecule has 0 unspecified atom stereocenters. The number of alkyl carbamates (subject to hydrolysis) is 1. The van der Waals surface area contributed by atoms with E-state index in [1.54, 1.807) is 20.8 Å². The highest BCUT2D eigenvalue weighted by Crippen LogP contribution is 2.15. The molecule has 8 heteroatoms. The fourth-order valence-corrected chi connectivity index (χ4v) is 1.62. The van der Waals surface area contributed by atoms with Gasteiger partial charge in [-0.1, -0.05) is 0 Å². The molecule has 0 aliphatic heterocycles. The molecule has 0 fully saturated rings. The molecular weight excluding hydrogens is 285 g/mol. The first kappa shape index (κ1) is 19.1. The topological polar surface area (TPSA) is 113 Å². The van der Waals surface area contributed by atoms with Crippen LogP contribution in [0.4, 0.5) is 9.18 Å². The zero-order chi connectivity index (χ0) is 16.6. The molecule has 122 valence electrons. The molecule has 0 heterocycles. The Bertz CT molecular complexity index is 379. The maximum absolute atomic E-state index is 12.1. The lowest BCUT2D eigenvalue weighted by Crippen LogP contribution is -2.45. The van der Waals surface area contributed by atoms with Gasteiger partial charge in [-0.3, -0.25) is 9.18 Å². The number of nitrogens with one attached hydrogen (secondary N) is 1. The van der Waals surface area contributed by atoms with Crippen molar-refractivity contribution in [3.05, 3.63) is 0 Å². The van der Waals surface area contributed by atoms with Gasteiger partial charge in [0, 0.05) is 0 Å². The van der Waals surface area contributed by atoms with E-state index in [9.17, 15) is 18.8 Å². The Morgan fingerprint density at radius 1 is 1.19 bits per heavy atom. The Morgan fingerprint density at radius 2 is 1.76 bits per heavy atom. The van der Waals surface area contributed by atoms with Gasteiger partial charge in [0.2, 0.25) is 0 Å². The van der Waals surface area contributed by atoms with Gasteiger partial charge in [-0.2, -0.15) is 0 Å². The fraction of sp³-hybridized carbons (Fsp3) is 0.769. The van der Waals surface area contributed by atoms with Crippen molar-refractivity contribution in [1.82, 2.24) is 5.32 Å². The summed E-state index contributed by atoms with van der Waals surface area (Å²) in [6.07, 6.45) is -1.24. The number of hydrogen-bond acceptors (Lipinski definition) is 4. The summed E-state index contributed by atoms with van der Waals surface area (Å²) in [6, 6.07) is -1.40. The lowest BCUT2D eigenvalue weighted by molar-refractivity contribution is -0.144. The predicted molar refractivity (Wildman–Crippen MR) is 71.7 cm³/mol. The lowest BCUT2D eigenvalue weighted by Gasteiger charge is -2.23. The van der Waals surface area contributed by atoms with E-state index < -0.39 is 42.3 Å². The number of carboxylic acid groups (broad SMARTS) is 2. The van der Waals surface area contributed by atoms with E-state index in [-0.39, 0.29) is 19.3 Å². The summed E-state index contributed by atoms with van der Waals surface area (Å²) in [5, 5.41) is 20.1. The van der Waals surface area contributed by atoms with Gasteiger partial charge in [0.1, 0.15) is 11.6 Å². The van der Waals surface area contributed by atoms with E-state index in [1.165, 1.54) is 0 Å². The Labute approximate surface area is 122 Å². The number of carbonyl (C=O) groups is 3. The van der Waals surface area contributed by atoms with Crippen LogP contribution in [-0.4, -0.2) is 46.6 Å². The van der Waals surface area contributed by atoms with Crippen molar-refractivity contribution in [2.75, 3.05) is 6.67 Å². The highest BCUT2D eigenvalue weighted by atomic mass is 19.1. The molecule has 0 aliphatic carbocycles. The van der Waals surface area contributed by atoms with Crippen molar-refractivity contribution in [2.45, 2.75) is 51.7 Å². The van der Waals surface area contributed by atoms with Crippen molar-refractivity contribution in [1.29, 1.82) is 0 Å². The lowest BCUT2D eigenvalue weighted by atomic mass is 9.95.